The van der Waals surface area contributed by atoms with E-state index in [0.717, 1.165) is 6.07 Å². The average molecular weight is 322 g/mol. The van der Waals surface area contributed by atoms with E-state index in [9.17, 15) is 17.6 Å². The summed E-state index contributed by atoms with van der Waals surface area (Å²) in [6.45, 7) is 0. The van der Waals surface area contributed by atoms with E-state index in [1.54, 1.807) is 0 Å². The number of hydrogen-bond donors (Lipinski definition) is 0. The molecule has 22 heavy (non-hydrogen) atoms. The predicted octanol–water partition coefficient (Wildman–Crippen LogP) is 0.569. The fourth-order valence-corrected chi connectivity index (χ4v) is 2.21. The predicted molar refractivity (Wildman–Crippen MR) is 74.4 cm³/mol. The highest BCUT2D eigenvalue weighted by atomic mass is 32.2. The van der Waals surface area contributed by atoms with E-state index in [1.165, 1.54) is 24.5 Å². The van der Waals surface area contributed by atoms with E-state index in [2.05, 4.69) is 24.1 Å². The summed E-state index contributed by atoms with van der Waals surface area (Å²) in [6, 6.07) is 2.46. The number of fused-ring (bicyclic) bond motifs is 2. The maximum Gasteiger partial charge on any atom is 0.339 e. The number of aromatic nitrogens is 4. The second-order valence-electron chi connectivity index (χ2n) is 4.13. The van der Waals surface area contributed by atoms with E-state index in [4.69, 9.17) is 0 Å². The monoisotopic (exact) mass is 322 g/mol. The molecule has 3 heterocycles. The van der Waals surface area contributed by atoms with Crippen LogP contribution in [-0.2, 0) is 10.1 Å². The number of hydrogen-bond acceptors (Lipinski definition) is 8. The van der Waals surface area contributed by atoms with Gasteiger partial charge in [-0.15, -0.1) is 0 Å². The second-order valence-corrected chi connectivity index (χ2v) is 5.63. The van der Waals surface area contributed by atoms with Crippen molar-refractivity contribution in [1.82, 2.24) is 19.9 Å². The largest absolute Gasteiger partial charge is 0.378 e. The summed E-state index contributed by atoms with van der Waals surface area (Å²) in [5.41, 5.74) is -0.811. The lowest BCUT2D eigenvalue weighted by atomic mass is 10.3. The summed E-state index contributed by atoms with van der Waals surface area (Å²) < 4.78 is 39.5. The zero-order chi connectivity index (χ0) is 15.7. The topological polar surface area (TPSA) is 112 Å². The normalized spacial score (nSPS) is 11.7. The van der Waals surface area contributed by atoms with E-state index < -0.39 is 21.7 Å². The highest BCUT2D eigenvalue weighted by Crippen LogP contribution is 2.21. The summed E-state index contributed by atoms with van der Waals surface area (Å²) in [4.78, 5) is 27.7. The van der Waals surface area contributed by atoms with Crippen LogP contribution in [0.3, 0.4) is 0 Å². The molecule has 0 aliphatic carbocycles. The van der Waals surface area contributed by atoms with Crippen molar-refractivity contribution in [3.05, 3.63) is 40.9 Å². The lowest BCUT2D eigenvalue weighted by Gasteiger charge is -2.03. The standard InChI is InChI=1S/C12H7FN4O4S/c13-6-22(19,20)21-8-3-5-15-11-9(8)16-12(18)7-2-1-4-14-10(7)17-11/h1-5H,6H2. The maximum atomic E-state index is 12.4. The first-order valence-corrected chi connectivity index (χ1v) is 7.48. The molecule has 10 heteroatoms. The van der Waals surface area contributed by atoms with Gasteiger partial charge < -0.3 is 4.18 Å². The Labute approximate surface area is 122 Å². The number of nitrogens with zero attached hydrogens (tertiary/aromatic N) is 4. The Morgan fingerprint density at radius 1 is 1.09 bits per heavy atom. The van der Waals surface area contributed by atoms with Gasteiger partial charge in [0.1, 0.15) is 0 Å². The highest BCUT2D eigenvalue weighted by Gasteiger charge is 2.16. The molecule has 112 valence electrons. The summed E-state index contributed by atoms with van der Waals surface area (Å²) in [7, 11) is -4.43. The van der Waals surface area contributed by atoms with Crippen molar-refractivity contribution in [2.24, 2.45) is 0 Å². The van der Waals surface area contributed by atoms with Gasteiger partial charge in [-0.3, -0.25) is 4.79 Å². The molecule has 0 unspecified atom stereocenters. The molecule has 0 N–H and O–H groups in total. The van der Waals surface area contributed by atoms with Gasteiger partial charge in [-0.25, -0.2) is 24.3 Å². The van der Waals surface area contributed by atoms with Gasteiger partial charge in [0.25, 0.3) is 5.56 Å². The van der Waals surface area contributed by atoms with Crippen LogP contribution >= 0.6 is 0 Å². The van der Waals surface area contributed by atoms with Crippen LogP contribution in [0.4, 0.5) is 4.39 Å². The van der Waals surface area contributed by atoms with Gasteiger partial charge in [0, 0.05) is 18.5 Å². The van der Waals surface area contributed by atoms with Crippen LogP contribution in [0.5, 0.6) is 5.75 Å². The Morgan fingerprint density at radius 2 is 1.86 bits per heavy atom. The third kappa shape index (κ3) is 2.55. The SMILES string of the molecule is O=c1nc2c(OS(=O)(=O)CF)ccnc2nc2ncccc12. The molecule has 0 spiro atoms. The first-order chi connectivity index (χ1) is 10.5. The number of alkyl halides is 1. The zero-order valence-electron chi connectivity index (χ0n) is 10.8. The minimum absolute atomic E-state index is 0.0441. The van der Waals surface area contributed by atoms with E-state index in [0.29, 0.717) is 0 Å². The van der Waals surface area contributed by atoms with Crippen LogP contribution < -0.4 is 9.74 Å². The van der Waals surface area contributed by atoms with Gasteiger partial charge in [0.15, 0.2) is 22.6 Å². The summed E-state index contributed by atoms with van der Waals surface area (Å²) in [5, 5.41) is 0.139. The minimum atomic E-state index is -4.43. The van der Waals surface area contributed by atoms with Crippen LogP contribution in [0.2, 0.25) is 0 Å². The maximum absolute atomic E-state index is 12.4. The van der Waals surface area contributed by atoms with Gasteiger partial charge in [0.05, 0.1) is 5.39 Å². The molecule has 8 nitrogen and oxygen atoms in total. The molecule has 3 rings (SSSR count). The van der Waals surface area contributed by atoms with Gasteiger partial charge >= 0.3 is 10.1 Å². The first kappa shape index (κ1) is 14.2. The number of pyridine rings is 2. The molecule has 0 saturated heterocycles. The van der Waals surface area contributed by atoms with Crippen molar-refractivity contribution < 1.29 is 17.0 Å². The van der Waals surface area contributed by atoms with Crippen LogP contribution in [0.1, 0.15) is 0 Å². The Hall–Kier alpha value is -2.75. The number of rotatable bonds is 3. The fourth-order valence-electron chi connectivity index (χ4n) is 1.75. The molecule has 0 aliphatic heterocycles. The Kier molecular flexibility index (Phi) is 3.37. The molecule has 0 atom stereocenters. The average Bonchev–Trinajstić information content (AvgIpc) is 2.64. The van der Waals surface area contributed by atoms with Crippen molar-refractivity contribution in [2.75, 3.05) is 6.01 Å². The third-order valence-electron chi connectivity index (χ3n) is 2.66. The van der Waals surface area contributed by atoms with Crippen LogP contribution in [0, 0.1) is 0 Å². The minimum Gasteiger partial charge on any atom is -0.378 e. The number of halogens is 1. The molecule has 3 aromatic rings. The summed E-state index contributed by atoms with van der Waals surface area (Å²) >= 11 is 0. The summed E-state index contributed by atoms with van der Waals surface area (Å²) in [6.07, 6.45) is 2.65. The lowest BCUT2D eigenvalue weighted by molar-refractivity contribution is 0.452. The fraction of sp³-hybridized carbons (Fsp3) is 0.0833. The molecule has 0 aliphatic rings. The van der Waals surface area contributed by atoms with Crippen LogP contribution in [-0.4, -0.2) is 34.4 Å². The van der Waals surface area contributed by atoms with Crippen molar-refractivity contribution in [1.29, 1.82) is 0 Å². The van der Waals surface area contributed by atoms with Gasteiger partial charge in [-0.2, -0.15) is 8.42 Å². The smallest absolute Gasteiger partial charge is 0.339 e. The molecular formula is C12H7FN4O4S. The van der Waals surface area contributed by atoms with Gasteiger partial charge in [-0.1, -0.05) is 0 Å². The van der Waals surface area contributed by atoms with Crippen molar-refractivity contribution >= 4 is 32.3 Å². The van der Waals surface area contributed by atoms with E-state index in [1.807, 2.05) is 0 Å². The highest BCUT2D eigenvalue weighted by molar-refractivity contribution is 7.86. The molecule has 0 bridgehead atoms. The molecule has 0 aromatic carbocycles. The van der Waals surface area contributed by atoms with Crippen LogP contribution in [0.15, 0.2) is 35.4 Å². The molecular weight excluding hydrogens is 315 g/mol. The molecule has 0 fully saturated rings. The van der Waals surface area contributed by atoms with Gasteiger partial charge in [0.2, 0.25) is 6.01 Å². The van der Waals surface area contributed by atoms with Crippen molar-refractivity contribution in [2.45, 2.75) is 0 Å². The third-order valence-corrected chi connectivity index (χ3v) is 3.36. The molecule has 0 amide bonds. The van der Waals surface area contributed by atoms with Crippen molar-refractivity contribution in [3.8, 4) is 5.75 Å². The molecule has 3 aromatic heterocycles. The van der Waals surface area contributed by atoms with Crippen LogP contribution in [0.25, 0.3) is 22.2 Å². The second kappa shape index (κ2) is 5.22. The molecule has 0 radical (unpaired) electrons. The van der Waals surface area contributed by atoms with Gasteiger partial charge in [-0.05, 0) is 12.1 Å². The quantitative estimate of drug-likeness (QED) is 0.643. The Balaban J connectivity index is 2.38. The van der Waals surface area contributed by atoms with Crippen molar-refractivity contribution in [3.63, 3.8) is 0 Å². The first-order valence-electron chi connectivity index (χ1n) is 5.90. The van der Waals surface area contributed by atoms with E-state index >= 15 is 0 Å². The summed E-state index contributed by atoms with van der Waals surface area (Å²) in [5.74, 6) is -0.326. The molecule has 0 saturated carbocycles. The van der Waals surface area contributed by atoms with E-state index in [-0.39, 0.29) is 27.9 Å². The lowest BCUT2D eigenvalue weighted by Crippen LogP contribution is -2.11. The Bertz CT molecular complexity index is 1040. The zero-order valence-corrected chi connectivity index (χ0v) is 11.6. The Morgan fingerprint density at radius 3 is 2.64 bits per heavy atom.